The van der Waals surface area contributed by atoms with Gasteiger partial charge in [0.2, 0.25) is 0 Å². The summed E-state index contributed by atoms with van der Waals surface area (Å²) in [7, 11) is 0. The summed E-state index contributed by atoms with van der Waals surface area (Å²) >= 11 is 18.0. The summed E-state index contributed by atoms with van der Waals surface area (Å²) in [6.07, 6.45) is 1.41. The molecule has 0 aromatic heterocycles. The second kappa shape index (κ2) is 11.4. The first-order valence-corrected chi connectivity index (χ1v) is 10.6. The van der Waals surface area contributed by atoms with Crippen LogP contribution < -0.4 is 15.4 Å². The largest absolute Gasteiger partial charge is 0.482 e. The van der Waals surface area contributed by atoms with E-state index in [1.807, 2.05) is 12.1 Å². The number of carbonyl (C=O) groups is 2. The molecular weight excluding hydrogens is 485 g/mol. The van der Waals surface area contributed by atoms with E-state index in [0.717, 1.165) is 0 Å². The minimum atomic E-state index is -0.542. The molecule has 0 heterocycles. The topological polar surface area (TPSA) is 91.2 Å². The number of hydrogen-bond donors (Lipinski definition) is 2. The number of benzene rings is 3. The monoisotopic (exact) mass is 499 g/mol. The van der Waals surface area contributed by atoms with Crippen molar-refractivity contribution in [3.8, 4) is 11.8 Å². The van der Waals surface area contributed by atoms with Crippen molar-refractivity contribution in [1.29, 1.82) is 5.26 Å². The van der Waals surface area contributed by atoms with E-state index < -0.39 is 11.8 Å². The maximum absolute atomic E-state index is 12.3. The first-order valence-electron chi connectivity index (χ1n) is 9.51. The first-order chi connectivity index (χ1) is 15.9. The molecule has 6 nitrogen and oxygen atoms in total. The quantitative estimate of drug-likeness (QED) is 0.298. The van der Waals surface area contributed by atoms with Gasteiger partial charge < -0.3 is 15.4 Å². The highest BCUT2D eigenvalue weighted by Gasteiger charge is 2.11. The minimum absolute atomic E-state index is 0.0930. The second-order valence-electron chi connectivity index (χ2n) is 6.65. The van der Waals surface area contributed by atoms with Crippen molar-refractivity contribution >= 4 is 64.1 Å². The van der Waals surface area contributed by atoms with Crippen molar-refractivity contribution in [3.05, 3.63) is 92.9 Å². The van der Waals surface area contributed by atoms with Gasteiger partial charge in [-0.3, -0.25) is 9.59 Å². The van der Waals surface area contributed by atoms with Gasteiger partial charge in [-0.05, 0) is 54.1 Å². The molecule has 166 valence electrons. The van der Waals surface area contributed by atoms with E-state index in [1.54, 1.807) is 48.5 Å². The summed E-state index contributed by atoms with van der Waals surface area (Å²) in [5, 5.41) is 15.6. The van der Waals surface area contributed by atoms with E-state index >= 15 is 0 Å². The molecule has 0 aliphatic rings. The van der Waals surface area contributed by atoms with Crippen LogP contribution in [0.1, 0.15) is 5.56 Å². The number of halogens is 3. The Balaban J connectivity index is 1.62. The predicted molar refractivity (Wildman–Crippen MR) is 131 cm³/mol. The minimum Gasteiger partial charge on any atom is -0.482 e. The molecule has 3 aromatic carbocycles. The average Bonchev–Trinajstić information content (AvgIpc) is 2.80. The highest BCUT2D eigenvalue weighted by Crippen LogP contribution is 2.27. The van der Waals surface area contributed by atoms with Gasteiger partial charge in [-0.25, -0.2) is 0 Å². The number of para-hydroxylation sites is 1. The van der Waals surface area contributed by atoms with Crippen LogP contribution in [-0.4, -0.2) is 18.4 Å². The fourth-order valence-corrected chi connectivity index (χ4v) is 3.21. The SMILES string of the molecule is N#C/C(=C\c1ccc(OCC(=O)Nc2ccc(Cl)c(Cl)c2)c(Cl)c1)C(=O)Nc1ccccc1. The first kappa shape index (κ1) is 24.1. The fourth-order valence-electron chi connectivity index (χ4n) is 2.67. The van der Waals surface area contributed by atoms with Crippen LogP contribution in [0.3, 0.4) is 0 Å². The summed E-state index contributed by atoms with van der Waals surface area (Å²) in [6, 6.07) is 20.1. The van der Waals surface area contributed by atoms with E-state index in [2.05, 4.69) is 10.6 Å². The summed E-state index contributed by atoms with van der Waals surface area (Å²) in [5.41, 5.74) is 1.48. The molecule has 0 fully saturated rings. The summed E-state index contributed by atoms with van der Waals surface area (Å²) in [6.45, 7) is -0.294. The summed E-state index contributed by atoms with van der Waals surface area (Å²) in [4.78, 5) is 24.5. The molecule has 2 N–H and O–H groups in total. The van der Waals surface area contributed by atoms with Crippen molar-refractivity contribution in [2.45, 2.75) is 0 Å². The van der Waals surface area contributed by atoms with E-state index in [0.29, 0.717) is 27.0 Å². The standard InChI is InChI=1S/C24H16Cl3N3O3/c25-19-8-7-18(12-20(19)26)29-23(31)14-33-22-9-6-15(11-21(22)27)10-16(13-28)24(32)30-17-4-2-1-3-5-17/h1-12H,14H2,(H,29,31)(H,30,32)/b16-10+. The third-order valence-corrected chi connectivity index (χ3v) is 5.26. The number of hydrogen-bond acceptors (Lipinski definition) is 4. The third-order valence-electron chi connectivity index (χ3n) is 4.23. The lowest BCUT2D eigenvalue weighted by molar-refractivity contribution is -0.118. The molecule has 2 amide bonds. The fraction of sp³-hybridized carbons (Fsp3) is 0.0417. The molecule has 9 heteroatoms. The van der Waals surface area contributed by atoms with Gasteiger partial charge in [0.1, 0.15) is 17.4 Å². The molecule has 0 radical (unpaired) electrons. The van der Waals surface area contributed by atoms with Crippen LogP contribution in [0, 0.1) is 11.3 Å². The van der Waals surface area contributed by atoms with Gasteiger partial charge in [0, 0.05) is 11.4 Å². The number of ether oxygens (including phenoxy) is 1. The number of amides is 2. The van der Waals surface area contributed by atoms with E-state index in [4.69, 9.17) is 39.5 Å². The third kappa shape index (κ3) is 6.99. The molecule has 0 unspecified atom stereocenters. The Labute approximate surface area is 205 Å². The van der Waals surface area contributed by atoms with Crippen LogP contribution in [0.2, 0.25) is 15.1 Å². The zero-order valence-electron chi connectivity index (χ0n) is 16.9. The molecule has 0 aliphatic carbocycles. The van der Waals surface area contributed by atoms with Gasteiger partial charge in [-0.2, -0.15) is 5.26 Å². The lowest BCUT2D eigenvalue weighted by atomic mass is 10.1. The van der Waals surface area contributed by atoms with Crippen LogP contribution in [0.15, 0.2) is 72.3 Å². The molecule has 33 heavy (non-hydrogen) atoms. The van der Waals surface area contributed by atoms with Crippen molar-refractivity contribution in [3.63, 3.8) is 0 Å². The van der Waals surface area contributed by atoms with E-state index in [1.165, 1.54) is 18.2 Å². The average molecular weight is 501 g/mol. The Kier molecular flexibility index (Phi) is 8.34. The molecule has 3 rings (SSSR count). The van der Waals surface area contributed by atoms with Crippen LogP contribution in [0.4, 0.5) is 11.4 Å². The Hall–Kier alpha value is -3.50. The second-order valence-corrected chi connectivity index (χ2v) is 7.87. The van der Waals surface area contributed by atoms with Crippen molar-refractivity contribution in [2.75, 3.05) is 17.2 Å². The number of carbonyl (C=O) groups excluding carboxylic acids is 2. The maximum Gasteiger partial charge on any atom is 0.266 e. The molecule has 0 bridgehead atoms. The van der Waals surface area contributed by atoms with Crippen LogP contribution in [-0.2, 0) is 9.59 Å². The Morgan fingerprint density at radius 1 is 0.879 bits per heavy atom. The van der Waals surface area contributed by atoms with Gasteiger partial charge in [-0.1, -0.05) is 59.1 Å². The highest BCUT2D eigenvalue weighted by atomic mass is 35.5. The smallest absolute Gasteiger partial charge is 0.266 e. The lowest BCUT2D eigenvalue weighted by Crippen LogP contribution is -2.20. The van der Waals surface area contributed by atoms with E-state index in [9.17, 15) is 14.9 Å². The Bertz CT molecular complexity index is 1250. The maximum atomic E-state index is 12.3. The molecular formula is C24H16Cl3N3O3. The molecule has 3 aromatic rings. The molecule has 0 spiro atoms. The zero-order chi connectivity index (χ0) is 23.8. The predicted octanol–water partition coefficient (Wildman–Crippen LogP) is 6.21. The normalized spacial score (nSPS) is 10.8. The van der Waals surface area contributed by atoms with Crippen molar-refractivity contribution in [2.24, 2.45) is 0 Å². The molecule has 0 aliphatic heterocycles. The number of nitriles is 1. The Morgan fingerprint density at radius 3 is 2.30 bits per heavy atom. The lowest BCUT2D eigenvalue weighted by Gasteiger charge is -2.10. The van der Waals surface area contributed by atoms with Crippen LogP contribution in [0.5, 0.6) is 5.75 Å². The number of anilines is 2. The van der Waals surface area contributed by atoms with E-state index in [-0.39, 0.29) is 23.0 Å². The number of nitrogens with zero attached hydrogens (tertiary/aromatic N) is 1. The van der Waals surface area contributed by atoms with Gasteiger partial charge in [0.15, 0.2) is 6.61 Å². The molecule has 0 saturated carbocycles. The zero-order valence-corrected chi connectivity index (χ0v) is 19.2. The van der Waals surface area contributed by atoms with Crippen LogP contribution >= 0.6 is 34.8 Å². The summed E-state index contributed by atoms with van der Waals surface area (Å²) < 4.78 is 5.47. The van der Waals surface area contributed by atoms with Gasteiger partial charge in [0.25, 0.3) is 11.8 Å². The van der Waals surface area contributed by atoms with Crippen molar-refractivity contribution in [1.82, 2.24) is 0 Å². The Morgan fingerprint density at radius 2 is 1.64 bits per heavy atom. The number of nitrogens with one attached hydrogen (secondary N) is 2. The van der Waals surface area contributed by atoms with Gasteiger partial charge >= 0.3 is 0 Å². The van der Waals surface area contributed by atoms with Crippen molar-refractivity contribution < 1.29 is 14.3 Å². The summed E-state index contributed by atoms with van der Waals surface area (Å²) in [5.74, 6) is -0.692. The van der Waals surface area contributed by atoms with Crippen LogP contribution in [0.25, 0.3) is 6.08 Å². The van der Waals surface area contributed by atoms with Gasteiger partial charge in [-0.15, -0.1) is 0 Å². The highest BCUT2D eigenvalue weighted by molar-refractivity contribution is 6.42. The molecule has 0 saturated heterocycles. The van der Waals surface area contributed by atoms with Gasteiger partial charge in [0.05, 0.1) is 15.1 Å². The number of rotatable bonds is 7. The molecule has 0 atom stereocenters.